The van der Waals surface area contributed by atoms with Gasteiger partial charge in [0, 0.05) is 4.47 Å². The first-order chi connectivity index (χ1) is 8.09. The fourth-order valence-electron chi connectivity index (χ4n) is 1.67. The van der Waals surface area contributed by atoms with Crippen molar-refractivity contribution in [3.63, 3.8) is 0 Å². The average Bonchev–Trinajstić information content (AvgIpc) is 2.61. The number of halogens is 1. The Hall–Kier alpha value is -1.62. The van der Waals surface area contributed by atoms with Crippen LogP contribution in [0, 0.1) is 6.92 Å². The number of imidazole rings is 1. The summed E-state index contributed by atoms with van der Waals surface area (Å²) >= 11 is 3.45. The molecule has 0 saturated heterocycles. The van der Waals surface area contributed by atoms with E-state index in [0.717, 1.165) is 15.9 Å². The second-order valence-electron chi connectivity index (χ2n) is 3.67. The number of hydrogen-bond acceptors (Lipinski definition) is 2. The third-order valence-corrected chi connectivity index (χ3v) is 3.18. The van der Waals surface area contributed by atoms with Gasteiger partial charge in [-0.15, -0.1) is 0 Å². The van der Waals surface area contributed by atoms with Crippen LogP contribution in [0.5, 0.6) is 0 Å². The molecule has 0 spiro atoms. The first-order valence-corrected chi connectivity index (χ1v) is 5.88. The first kappa shape index (κ1) is 11.9. The van der Waals surface area contributed by atoms with Crippen molar-refractivity contribution in [2.24, 2.45) is 0 Å². The van der Waals surface area contributed by atoms with Gasteiger partial charge in [0.25, 0.3) is 0 Å². The fourth-order valence-corrected chi connectivity index (χ4v) is 2.15. The van der Waals surface area contributed by atoms with Crippen LogP contribution in [0.3, 0.4) is 0 Å². The van der Waals surface area contributed by atoms with E-state index in [1.165, 1.54) is 0 Å². The first-order valence-electron chi connectivity index (χ1n) is 5.09. The van der Waals surface area contributed by atoms with Gasteiger partial charge in [0.1, 0.15) is 0 Å². The number of carboxylic acids is 1. The number of nitrogens with zero attached hydrogens (tertiary/aromatic N) is 2. The van der Waals surface area contributed by atoms with Crippen LogP contribution in [0.2, 0.25) is 0 Å². The van der Waals surface area contributed by atoms with Gasteiger partial charge in [-0.05, 0) is 35.0 Å². The molecule has 0 radical (unpaired) electrons. The van der Waals surface area contributed by atoms with E-state index in [-0.39, 0.29) is 6.42 Å². The van der Waals surface area contributed by atoms with Crippen LogP contribution in [-0.4, -0.2) is 20.6 Å². The van der Waals surface area contributed by atoms with Crippen molar-refractivity contribution in [1.82, 2.24) is 9.55 Å². The minimum atomic E-state index is -0.859. The molecule has 1 N–H and O–H groups in total. The molecule has 4 nitrogen and oxygen atoms in total. The second-order valence-corrected chi connectivity index (χ2v) is 4.52. The Morgan fingerprint density at radius 3 is 2.82 bits per heavy atom. The van der Waals surface area contributed by atoms with E-state index >= 15 is 0 Å². The standard InChI is InChI=1S/C12H11BrN2O2/c1-8-11(6-12(16)17)15(7-14-8)10-5-3-2-4-9(10)13/h2-5,7H,6H2,1H3,(H,16,17). The van der Waals surface area contributed by atoms with Crippen LogP contribution < -0.4 is 0 Å². The summed E-state index contributed by atoms with van der Waals surface area (Å²) in [7, 11) is 0. The Morgan fingerprint density at radius 1 is 1.47 bits per heavy atom. The molecule has 0 fully saturated rings. The molecule has 1 heterocycles. The molecular weight excluding hydrogens is 284 g/mol. The number of benzene rings is 1. The van der Waals surface area contributed by atoms with Crippen molar-refractivity contribution in [2.45, 2.75) is 13.3 Å². The van der Waals surface area contributed by atoms with Gasteiger partial charge in [-0.2, -0.15) is 0 Å². The normalized spacial score (nSPS) is 10.5. The van der Waals surface area contributed by atoms with Crippen LogP contribution in [0.25, 0.3) is 5.69 Å². The highest BCUT2D eigenvalue weighted by Gasteiger charge is 2.13. The highest BCUT2D eigenvalue weighted by atomic mass is 79.9. The number of carboxylic acid groups (broad SMARTS) is 1. The third kappa shape index (κ3) is 2.39. The topological polar surface area (TPSA) is 55.1 Å². The summed E-state index contributed by atoms with van der Waals surface area (Å²) in [5.74, 6) is -0.859. The smallest absolute Gasteiger partial charge is 0.309 e. The molecule has 0 atom stereocenters. The number of aliphatic carboxylic acids is 1. The van der Waals surface area contributed by atoms with Gasteiger partial charge in [-0.3, -0.25) is 4.79 Å². The zero-order valence-corrected chi connectivity index (χ0v) is 10.8. The SMILES string of the molecule is Cc1ncn(-c2ccccc2Br)c1CC(=O)O. The van der Waals surface area contributed by atoms with E-state index in [4.69, 9.17) is 5.11 Å². The number of carbonyl (C=O) groups is 1. The maximum absolute atomic E-state index is 10.8. The van der Waals surface area contributed by atoms with Crippen LogP contribution >= 0.6 is 15.9 Å². The van der Waals surface area contributed by atoms with Crippen LogP contribution in [-0.2, 0) is 11.2 Å². The van der Waals surface area contributed by atoms with Gasteiger partial charge < -0.3 is 9.67 Å². The second kappa shape index (κ2) is 4.71. The third-order valence-electron chi connectivity index (χ3n) is 2.51. The van der Waals surface area contributed by atoms with E-state index in [0.29, 0.717) is 5.69 Å². The maximum atomic E-state index is 10.8. The van der Waals surface area contributed by atoms with E-state index in [9.17, 15) is 4.79 Å². The van der Waals surface area contributed by atoms with E-state index < -0.39 is 5.97 Å². The van der Waals surface area contributed by atoms with E-state index in [1.807, 2.05) is 31.2 Å². The lowest BCUT2D eigenvalue weighted by Gasteiger charge is -2.09. The van der Waals surface area contributed by atoms with Crippen LogP contribution in [0.1, 0.15) is 11.4 Å². The lowest BCUT2D eigenvalue weighted by molar-refractivity contribution is -0.136. The summed E-state index contributed by atoms with van der Waals surface area (Å²) in [5, 5.41) is 8.90. The molecule has 2 rings (SSSR count). The molecule has 0 amide bonds. The average molecular weight is 295 g/mol. The highest BCUT2D eigenvalue weighted by molar-refractivity contribution is 9.10. The Labute approximate surface area is 107 Å². The van der Waals surface area contributed by atoms with Crippen molar-refractivity contribution < 1.29 is 9.90 Å². The molecule has 5 heteroatoms. The summed E-state index contributed by atoms with van der Waals surface area (Å²) in [6.45, 7) is 1.81. The lowest BCUT2D eigenvalue weighted by Crippen LogP contribution is -2.07. The quantitative estimate of drug-likeness (QED) is 0.947. The molecule has 0 bridgehead atoms. The predicted octanol–water partition coefficient (Wildman–Crippen LogP) is 2.57. The molecule has 1 aromatic heterocycles. The van der Waals surface area contributed by atoms with Gasteiger partial charge in [0.15, 0.2) is 0 Å². The molecule has 0 aliphatic heterocycles. The Morgan fingerprint density at radius 2 is 2.18 bits per heavy atom. The van der Waals surface area contributed by atoms with Gasteiger partial charge in [0.05, 0.1) is 29.8 Å². The van der Waals surface area contributed by atoms with Gasteiger partial charge in [-0.1, -0.05) is 12.1 Å². The molecule has 0 unspecified atom stereocenters. The summed E-state index contributed by atoms with van der Waals surface area (Å²) < 4.78 is 2.71. The summed E-state index contributed by atoms with van der Waals surface area (Å²) in [4.78, 5) is 15.0. The van der Waals surface area contributed by atoms with Crippen molar-refractivity contribution in [2.75, 3.05) is 0 Å². The number of para-hydroxylation sites is 1. The van der Waals surface area contributed by atoms with E-state index in [2.05, 4.69) is 20.9 Å². The monoisotopic (exact) mass is 294 g/mol. The molecule has 1 aromatic carbocycles. The minimum Gasteiger partial charge on any atom is -0.481 e. The highest BCUT2D eigenvalue weighted by Crippen LogP contribution is 2.23. The number of aryl methyl sites for hydroxylation is 1. The van der Waals surface area contributed by atoms with Crippen molar-refractivity contribution in [3.05, 3.63) is 46.5 Å². The molecule has 0 saturated carbocycles. The summed E-state index contributed by atoms with van der Waals surface area (Å²) in [5.41, 5.74) is 2.33. The molecule has 17 heavy (non-hydrogen) atoms. The molecule has 2 aromatic rings. The van der Waals surface area contributed by atoms with Gasteiger partial charge in [0.2, 0.25) is 0 Å². The number of rotatable bonds is 3. The zero-order valence-electron chi connectivity index (χ0n) is 9.22. The van der Waals surface area contributed by atoms with Crippen molar-refractivity contribution in [3.8, 4) is 5.69 Å². The Balaban J connectivity index is 2.53. The minimum absolute atomic E-state index is 0.0346. The molecule has 88 valence electrons. The van der Waals surface area contributed by atoms with Gasteiger partial charge in [-0.25, -0.2) is 4.98 Å². The van der Waals surface area contributed by atoms with Crippen LogP contribution in [0.15, 0.2) is 35.1 Å². The largest absolute Gasteiger partial charge is 0.481 e. The van der Waals surface area contributed by atoms with E-state index in [1.54, 1.807) is 10.9 Å². The molecule has 0 aliphatic rings. The summed E-state index contributed by atoms with van der Waals surface area (Å²) in [6.07, 6.45) is 1.61. The predicted molar refractivity (Wildman–Crippen MR) is 67.3 cm³/mol. The lowest BCUT2D eigenvalue weighted by atomic mass is 10.2. The molecular formula is C12H11BrN2O2. The number of hydrogen-bond donors (Lipinski definition) is 1. The number of aromatic nitrogens is 2. The summed E-state index contributed by atoms with van der Waals surface area (Å²) in [6, 6.07) is 7.64. The fraction of sp³-hybridized carbons (Fsp3) is 0.167. The zero-order chi connectivity index (χ0) is 12.4. The maximum Gasteiger partial charge on any atom is 0.309 e. The Bertz CT molecular complexity index is 563. The van der Waals surface area contributed by atoms with Crippen molar-refractivity contribution in [1.29, 1.82) is 0 Å². The van der Waals surface area contributed by atoms with Crippen molar-refractivity contribution >= 4 is 21.9 Å². The van der Waals surface area contributed by atoms with Crippen LogP contribution in [0.4, 0.5) is 0 Å². The Kier molecular flexibility index (Phi) is 3.28. The van der Waals surface area contributed by atoms with Gasteiger partial charge >= 0.3 is 5.97 Å². The molecule has 0 aliphatic carbocycles.